The zero-order valence-corrected chi connectivity index (χ0v) is 26.1. The summed E-state index contributed by atoms with van der Waals surface area (Å²) in [6.45, 7) is 1.72. The Kier molecular flexibility index (Phi) is 9.24. The number of aromatic nitrogens is 1. The second-order valence-corrected chi connectivity index (χ2v) is 13.6. The number of pyridine rings is 1. The van der Waals surface area contributed by atoms with Crippen molar-refractivity contribution in [3.63, 3.8) is 0 Å². The first-order chi connectivity index (χ1) is 22.2. The van der Waals surface area contributed by atoms with Gasteiger partial charge < -0.3 is 25.8 Å². The van der Waals surface area contributed by atoms with Crippen molar-refractivity contribution in [2.45, 2.75) is 76.0 Å². The third-order valence-corrected chi connectivity index (χ3v) is 10.1. The van der Waals surface area contributed by atoms with E-state index in [0.29, 0.717) is 11.8 Å². The molecule has 3 amide bonds. The van der Waals surface area contributed by atoms with Crippen LogP contribution in [-0.2, 0) is 25.5 Å². The molecular weight excluding hydrogens is 584 g/mol. The first kappa shape index (κ1) is 31.5. The number of benzene rings is 2. The van der Waals surface area contributed by atoms with Crippen LogP contribution < -0.4 is 16.0 Å². The summed E-state index contributed by atoms with van der Waals surface area (Å²) in [5.74, 6) is 0.299. The molecule has 10 heteroatoms. The maximum absolute atomic E-state index is 14.1. The van der Waals surface area contributed by atoms with Crippen LogP contribution in [0, 0.1) is 23.7 Å². The number of rotatable bonds is 12. The fourth-order valence-electron chi connectivity index (χ4n) is 8.13. The van der Waals surface area contributed by atoms with Gasteiger partial charge in [-0.2, -0.15) is 0 Å². The highest BCUT2D eigenvalue weighted by Gasteiger charge is 2.50. The van der Waals surface area contributed by atoms with Crippen LogP contribution in [0.5, 0.6) is 0 Å². The molecule has 0 aliphatic heterocycles. The van der Waals surface area contributed by atoms with Crippen LogP contribution in [0.1, 0.15) is 69.0 Å². The van der Waals surface area contributed by atoms with Crippen molar-refractivity contribution in [1.82, 2.24) is 20.9 Å². The van der Waals surface area contributed by atoms with Gasteiger partial charge in [-0.05, 0) is 86.0 Å². The van der Waals surface area contributed by atoms with Crippen LogP contribution in [0.2, 0.25) is 0 Å². The smallest absolute Gasteiger partial charge is 0.408 e. The molecule has 4 aliphatic carbocycles. The Bertz CT molecular complexity index is 1560. The molecule has 2 atom stereocenters. The van der Waals surface area contributed by atoms with Crippen molar-refractivity contribution in [2.75, 3.05) is 6.54 Å². The number of hydrogen-bond acceptors (Lipinski definition) is 6. The monoisotopic (exact) mass is 626 g/mol. The highest BCUT2D eigenvalue weighted by atomic mass is 16.6. The van der Waals surface area contributed by atoms with Gasteiger partial charge in [0.2, 0.25) is 11.8 Å². The number of carboxylic acid groups (broad SMARTS) is 1. The van der Waals surface area contributed by atoms with E-state index in [-0.39, 0.29) is 31.9 Å². The average molecular weight is 627 g/mol. The van der Waals surface area contributed by atoms with E-state index in [4.69, 9.17) is 9.84 Å². The summed E-state index contributed by atoms with van der Waals surface area (Å²) < 4.78 is 6.14. The topological polar surface area (TPSA) is 147 Å². The predicted octanol–water partition coefficient (Wildman–Crippen LogP) is 4.93. The summed E-state index contributed by atoms with van der Waals surface area (Å²) in [6, 6.07) is 18.1. The molecule has 2 aromatic carbocycles. The number of nitrogens with zero attached hydrogens (tertiary/aromatic N) is 1. The number of carboxylic acids is 1. The molecule has 1 heterocycles. The van der Waals surface area contributed by atoms with E-state index < -0.39 is 35.5 Å². The van der Waals surface area contributed by atoms with Gasteiger partial charge in [-0.3, -0.25) is 19.4 Å². The molecule has 4 bridgehead atoms. The van der Waals surface area contributed by atoms with Crippen molar-refractivity contribution in [1.29, 1.82) is 0 Å². The zero-order valence-electron chi connectivity index (χ0n) is 26.1. The molecule has 10 nitrogen and oxygen atoms in total. The van der Waals surface area contributed by atoms with Gasteiger partial charge in [0.1, 0.15) is 11.6 Å². The van der Waals surface area contributed by atoms with Crippen molar-refractivity contribution in [2.24, 2.45) is 23.7 Å². The number of aliphatic carboxylic acids is 1. The number of alkyl carbamates (subject to hydrolysis) is 1. The van der Waals surface area contributed by atoms with Gasteiger partial charge in [-0.25, -0.2) is 4.79 Å². The number of ether oxygens (including phenoxy) is 1. The standard InChI is InChI=1S/C36H42N4O6/c1-36(20-25-13-14-37-29-10-6-5-9-28(25)29,40-35(45)46-33-26-16-22-15-23(18-26)19-27(33)17-22)34(44)38-21-30(24-7-3-2-4-8-24)39-31(41)11-12-32(42)43/h2-10,13-14,22-23,26-27,30,33H,11-12,15-21H2,1H3,(H,38,44)(H,39,41)(H,40,45)(H,42,43). The van der Waals surface area contributed by atoms with E-state index in [2.05, 4.69) is 20.9 Å². The summed E-state index contributed by atoms with van der Waals surface area (Å²) in [6.07, 6.45) is 6.37. The summed E-state index contributed by atoms with van der Waals surface area (Å²) in [5, 5.41) is 18.7. The molecular formula is C36H42N4O6. The lowest BCUT2D eigenvalue weighted by molar-refractivity contribution is -0.138. The normalized spacial score (nSPS) is 24.8. The Morgan fingerprint density at radius 2 is 1.59 bits per heavy atom. The second-order valence-electron chi connectivity index (χ2n) is 13.6. The Hall–Kier alpha value is -4.47. The first-order valence-electron chi connectivity index (χ1n) is 16.3. The number of amides is 3. The number of para-hydroxylation sites is 1. The maximum Gasteiger partial charge on any atom is 0.408 e. The molecule has 0 spiro atoms. The lowest BCUT2D eigenvalue weighted by atomic mass is 9.55. The lowest BCUT2D eigenvalue weighted by Crippen LogP contribution is -2.60. The third kappa shape index (κ3) is 7.16. The number of hydrogen-bond donors (Lipinski definition) is 4. The molecule has 0 saturated heterocycles. The van der Waals surface area contributed by atoms with E-state index in [9.17, 15) is 19.2 Å². The fraction of sp³-hybridized carbons (Fsp3) is 0.472. The predicted molar refractivity (Wildman–Crippen MR) is 172 cm³/mol. The molecule has 1 aromatic heterocycles. The maximum atomic E-state index is 14.1. The SMILES string of the molecule is CC(Cc1ccnc2ccccc12)(NC(=O)OC1C2CC3CC(C2)CC1C3)C(=O)NCC(NC(=O)CCC(=O)O)c1ccccc1. The highest BCUT2D eigenvalue weighted by molar-refractivity contribution is 5.91. The summed E-state index contributed by atoms with van der Waals surface area (Å²) >= 11 is 0. The summed E-state index contributed by atoms with van der Waals surface area (Å²) in [7, 11) is 0. The Morgan fingerprint density at radius 1 is 0.913 bits per heavy atom. The van der Waals surface area contributed by atoms with E-state index >= 15 is 0 Å². The van der Waals surface area contributed by atoms with Crippen LogP contribution >= 0.6 is 0 Å². The molecule has 4 aliphatic rings. The van der Waals surface area contributed by atoms with Crippen LogP contribution in [0.3, 0.4) is 0 Å². The molecule has 3 aromatic rings. The molecule has 7 rings (SSSR count). The van der Waals surface area contributed by atoms with Crippen molar-refractivity contribution in [3.05, 3.63) is 78.0 Å². The Morgan fingerprint density at radius 3 is 2.28 bits per heavy atom. The van der Waals surface area contributed by atoms with E-state index in [1.165, 1.54) is 6.42 Å². The average Bonchev–Trinajstić information content (AvgIpc) is 3.03. The molecule has 4 saturated carbocycles. The van der Waals surface area contributed by atoms with E-state index in [1.54, 1.807) is 13.1 Å². The molecule has 242 valence electrons. The van der Waals surface area contributed by atoms with Crippen LogP contribution in [0.25, 0.3) is 10.9 Å². The van der Waals surface area contributed by atoms with Gasteiger partial charge in [0, 0.05) is 31.0 Å². The minimum absolute atomic E-state index is 0.0284. The van der Waals surface area contributed by atoms with Crippen molar-refractivity contribution in [3.8, 4) is 0 Å². The van der Waals surface area contributed by atoms with Crippen molar-refractivity contribution >= 4 is 34.8 Å². The highest BCUT2D eigenvalue weighted by Crippen LogP contribution is 2.54. The van der Waals surface area contributed by atoms with Gasteiger partial charge in [0.15, 0.2) is 0 Å². The molecule has 4 fully saturated rings. The van der Waals surface area contributed by atoms with Crippen LogP contribution in [-0.4, -0.2) is 52.2 Å². The fourth-order valence-corrected chi connectivity index (χ4v) is 8.13. The van der Waals surface area contributed by atoms with Gasteiger partial charge >= 0.3 is 12.1 Å². The van der Waals surface area contributed by atoms with E-state index in [1.807, 2.05) is 60.7 Å². The first-order valence-corrected chi connectivity index (χ1v) is 16.3. The van der Waals surface area contributed by atoms with Crippen LogP contribution in [0.4, 0.5) is 4.79 Å². The quantitative estimate of drug-likeness (QED) is 0.223. The van der Waals surface area contributed by atoms with E-state index in [0.717, 1.165) is 59.5 Å². The van der Waals surface area contributed by atoms with Crippen LogP contribution in [0.15, 0.2) is 66.9 Å². The van der Waals surface area contributed by atoms with Gasteiger partial charge in [-0.15, -0.1) is 0 Å². The largest absolute Gasteiger partial charge is 0.481 e. The van der Waals surface area contributed by atoms with Gasteiger partial charge in [0.05, 0.1) is 18.0 Å². The molecule has 4 N–H and O–H groups in total. The Balaban J connectivity index is 1.21. The number of nitrogens with one attached hydrogen (secondary N) is 3. The molecule has 0 radical (unpaired) electrons. The number of fused-ring (bicyclic) bond motifs is 1. The molecule has 2 unspecified atom stereocenters. The Labute approximate surface area is 268 Å². The lowest BCUT2D eigenvalue weighted by Gasteiger charge is -2.53. The number of carbonyl (C=O) groups is 4. The number of carbonyl (C=O) groups excluding carboxylic acids is 3. The second kappa shape index (κ2) is 13.5. The zero-order chi connectivity index (χ0) is 32.3. The van der Waals surface area contributed by atoms with Gasteiger partial charge in [0.25, 0.3) is 0 Å². The molecule has 46 heavy (non-hydrogen) atoms. The minimum Gasteiger partial charge on any atom is -0.481 e. The van der Waals surface area contributed by atoms with Crippen molar-refractivity contribution < 1.29 is 29.0 Å². The minimum atomic E-state index is -1.40. The summed E-state index contributed by atoms with van der Waals surface area (Å²) in [4.78, 5) is 55.8. The third-order valence-electron chi connectivity index (χ3n) is 10.1. The summed E-state index contributed by atoms with van der Waals surface area (Å²) in [5.41, 5.74) is 0.983. The van der Waals surface area contributed by atoms with Gasteiger partial charge in [-0.1, -0.05) is 48.5 Å².